The van der Waals surface area contributed by atoms with Gasteiger partial charge in [0.25, 0.3) is 0 Å². The Morgan fingerprint density at radius 2 is 2.18 bits per heavy atom. The molecule has 5 nitrogen and oxygen atoms in total. The van der Waals surface area contributed by atoms with E-state index in [0.29, 0.717) is 11.9 Å². The number of benzene rings is 1. The van der Waals surface area contributed by atoms with Crippen molar-refractivity contribution in [3.8, 4) is 11.6 Å². The molecule has 0 saturated carbocycles. The molecule has 0 fully saturated rings. The molecule has 0 radical (unpaired) electrons. The normalized spacial score (nSPS) is 10.6. The molecule has 2 rings (SSSR count). The molecule has 0 bridgehead atoms. The van der Waals surface area contributed by atoms with Crippen LogP contribution in [0.5, 0.6) is 11.6 Å². The number of methoxy groups -OCH3 is 1. The number of hydrogen-bond donors (Lipinski definition) is 2. The van der Waals surface area contributed by atoms with E-state index in [0.717, 1.165) is 5.39 Å². The first-order valence-electron chi connectivity index (χ1n) is 5.19. The first-order chi connectivity index (χ1) is 8.11. The first-order valence-corrected chi connectivity index (χ1v) is 5.19. The predicted molar refractivity (Wildman–Crippen MR) is 61.9 cm³/mol. The summed E-state index contributed by atoms with van der Waals surface area (Å²) in [7, 11) is 1.33. The second kappa shape index (κ2) is 4.37. The van der Waals surface area contributed by atoms with Crippen LogP contribution in [-0.2, 0) is 16.1 Å². The number of aromatic hydroxyl groups is 2. The zero-order valence-electron chi connectivity index (χ0n) is 9.38. The van der Waals surface area contributed by atoms with Crippen LogP contribution >= 0.6 is 0 Å². The summed E-state index contributed by atoms with van der Waals surface area (Å²) in [5.74, 6) is -0.100. The molecule has 0 spiro atoms. The minimum atomic E-state index is -0.329. The Bertz CT molecular complexity index is 559. The Balaban J connectivity index is 2.29. The standard InChI is InChI=1S/C12H13NO4/c1-17-11(15)4-5-13-7-8-6-9(14)2-3-10(8)12(13)16/h2-3,6-7,14,16H,4-5H2,1H3. The number of hydrogen-bond acceptors (Lipinski definition) is 4. The number of ether oxygens (including phenoxy) is 1. The quantitative estimate of drug-likeness (QED) is 0.793. The van der Waals surface area contributed by atoms with E-state index in [1.54, 1.807) is 22.9 Å². The van der Waals surface area contributed by atoms with Crippen molar-refractivity contribution in [1.29, 1.82) is 0 Å². The number of phenols is 1. The number of aromatic nitrogens is 1. The topological polar surface area (TPSA) is 71.7 Å². The molecule has 17 heavy (non-hydrogen) atoms. The highest BCUT2D eigenvalue weighted by Gasteiger charge is 2.10. The van der Waals surface area contributed by atoms with E-state index >= 15 is 0 Å². The molecular weight excluding hydrogens is 222 g/mol. The second-order valence-electron chi connectivity index (χ2n) is 3.74. The average Bonchev–Trinajstić information content (AvgIpc) is 2.62. The monoisotopic (exact) mass is 235 g/mol. The summed E-state index contributed by atoms with van der Waals surface area (Å²) in [6.45, 7) is 0.341. The van der Waals surface area contributed by atoms with Crippen molar-refractivity contribution in [3.63, 3.8) is 0 Å². The summed E-state index contributed by atoms with van der Waals surface area (Å²) in [5.41, 5.74) is 0. The number of esters is 1. The smallest absolute Gasteiger partial charge is 0.307 e. The summed E-state index contributed by atoms with van der Waals surface area (Å²) >= 11 is 0. The fourth-order valence-corrected chi connectivity index (χ4v) is 1.73. The van der Waals surface area contributed by atoms with E-state index in [1.165, 1.54) is 13.2 Å². The largest absolute Gasteiger partial charge is 0.508 e. The summed E-state index contributed by atoms with van der Waals surface area (Å²) in [4.78, 5) is 11.0. The lowest BCUT2D eigenvalue weighted by Gasteiger charge is -2.03. The van der Waals surface area contributed by atoms with Gasteiger partial charge in [-0.25, -0.2) is 0 Å². The van der Waals surface area contributed by atoms with Crippen molar-refractivity contribution >= 4 is 16.7 Å². The zero-order chi connectivity index (χ0) is 12.4. The highest BCUT2D eigenvalue weighted by Crippen LogP contribution is 2.29. The molecule has 2 N–H and O–H groups in total. The van der Waals surface area contributed by atoms with Crippen molar-refractivity contribution in [3.05, 3.63) is 24.4 Å². The zero-order valence-corrected chi connectivity index (χ0v) is 9.38. The number of phenolic OH excluding ortho intramolecular Hbond substituents is 1. The maximum absolute atomic E-state index is 11.0. The minimum Gasteiger partial charge on any atom is -0.508 e. The van der Waals surface area contributed by atoms with Gasteiger partial charge in [-0.2, -0.15) is 0 Å². The van der Waals surface area contributed by atoms with Crippen LogP contribution < -0.4 is 0 Å². The Morgan fingerprint density at radius 1 is 1.41 bits per heavy atom. The van der Waals surface area contributed by atoms with Crippen LogP contribution in [0.2, 0.25) is 0 Å². The third kappa shape index (κ3) is 2.18. The van der Waals surface area contributed by atoms with Crippen molar-refractivity contribution < 1.29 is 19.7 Å². The van der Waals surface area contributed by atoms with Crippen molar-refractivity contribution in [2.24, 2.45) is 0 Å². The molecule has 0 unspecified atom stereocenters. The van der Waals surface area contributed by atoms with Crippen molar-refractivity contribution in [2.75, 3.05) is 7.11 Å². The Hall–Kier alpha value is -2.17. The highest BCUT2D eigenvalue weighted by atomic mass is 16.5. The van der Waals surface area contributed by atoms with Gasteiger partial charge in [-0.1, -0.05) is 0 Å². The van der Waals surface area contributed by atoms with Gasteiger partial charge >= 0.3 is 5.97 Å². The van der Waals surface area contributed by atoms with Gasteiger partial charge < -0.3 is 19.5 Å². The average molecular weight is 235 g/mol. The predicted octanol–water partition coefficient (Wildman–Crippen LogP) is 1.62. The third-order valence-electron chi connectivity index (χ3n) is 2.63. The van der Waals surface area contributed by atoms with Gasteiger partial charge in [0.2, 0.25) is 0 Å². The van der Waals surface area contributed by atoms with Gasteiger partial charge in [-0.05, 0) is 18.2 Å². The molecule has 0 atom stereocenters. The first kappa shape index (κ1) is 11.3. The third-order valence-corrected chi connectivity index (χ3v) is 2.63. The Labute approximate surface area is 97.9 Å². The van der Waals surface area contributed by atoms with E-state index in [1.807, 2.05) is 0 Å². The molecule has 5 heteroatoms. The van der Waals surface area contributed by atoms with Crippen LogP contribution in [0.1, 0.15) is 6.42 Å². The molecule has 0 aliphatic rings. The van der Waals surface area contributed by atoms with Crippen molar-refractivity contribution in [1.82, 2.24) is 4.57 Å². The number of nitrogens with zero attached hydrogens (tertiary/aromatic N) is 1. The molecule has 1 aromatic heterocycles. The van der Waals surface area contributed by atoms with Gasteiger partial charge in [0.05, 0.1) is 13.5 Å². The molecule has 1 heterocycles. The molecule has 2 aromatic rings. The van der Waals surface area contributed by atoms with Crippen LogP contribution in [0, 0.1) is 0 Å². The molecule has 1 aromatic carbocycles. The lowest BCUT2D eigenvalue weighted by Crippen LogP contribution is -2.05. The van der Waals surface area contributed by atoms with Crippen LogP contribution in [0.15, 0.2) is 24.4 Å². The second-order valence-corrected chi connectivity index (χ2v) is 3.74. The van der Waals surface area contributed by atoms with Crippen molar-refractivity contribution in [2.45, 2.75) is 13.0 Å². The van der Waals surface area contributed by atoms with E-state index in [4.69, 9.17) is 0 Å². The van der Waals surface area contributed by atoms with Crippen LogP contribution in [0.25, 0.3) is 10.8 Å². The summed E-state index contributed by atoms with van der Waals surface area (Å²) in [6, 6.07) is 4.70. The van der Waals surface area contributed by atoms with Gasteiger partial charge in [-0.15, -0.1) is 0 Å². The van der Waals surface area contributed by atoms with Crippen LogP contribution in [-0.4, -0.2) is 27.9 Å². The lowest BCUT2D eigenvalue weighted by atomic mass is 10.2. The summed E-state index contributed by atoms with van der Waals surface area (Å²) in [6.07, 6.45) is 1.88. The molecule has 0 aliphatic heterocycles. The SMILES string of the molecule is COC(=O)CCn1cc2cc(O)ccc2c1O. The molecule has 0 amide bonds. The summed E-state index contributed by atoms with van der Waals surface area (Å²) < 4.78 is 6.09. The molecular formula is C12H13NO4. The van der Waals surface area contributed by atoms with Gasteiger partial charge in [0.1, 0.15) is 5.75 Å². The number of rotatable bonds is 3. The maximum atomic E-state index is 11.0. The summed E-state index contributed by atoms with van der Waals surface area (Å²) in [5, 5.41) is 20.6. The number of carbonyl (C=O) groups is 1. The van der Waals surface area contributed by atoms with Gasteiger partial charge in [0.15, 0.2) is 5.88 Å². The van der Waals surface area contributed by atoms with E-state index in [-0.39, 0.29) is 24.0 Å². The van der Waals surface area contributed by atoms with Gasteiger partial charge in [-0.3, -0.25) is 4.79 Å². The number of carbonyl (C=O) groups excluding carboxylic acids is 1. The van der Waals surface area contributed by atoms with Crippen LogP contribution in [0.4, 0.5) is 0 Å². The maximum Gasteiger partial charge on any atom is 0.307 e. The van der Waals surface area contributed by atoms with E-state index in [9.17, 15) is 15.0 Å². The molecule has 90 valence electrons. The number of fused-ring (bicyclic) bond motifs is 1. The molecule has 0 aliphatic carbocycles. The highest BCUT2D eigenvalue weighted by molar-refractivity contribution is 5.89. The Morgan fingerprint density at radius 3 is 2.88 bits per heavy atom. The van der Waals surface area contributed by atoms with E-state index in [2.05, 4.69) is 4.74 Å². The fourth-order valence-electron chi connectivity index (χ4n) is 1.73. The van der Waals surface area contributed by atoms with E-state index < -0.39 is 0 Å². The minimum absolute atomic E-state index is 0.0869. The van der Waals surface area contributed by atoms with Crippen LogP contribution in [0.3, 0.4) is 0 Å². The molecule has 0 saturated heterocycles. The fraction of sp³-hybridized carbons (Fsp3) is 0.250. The number of aryl methyl sites for hydroxylation is 1. The Kier molecular flexibility index (Phi) is 2.91. The van der Waals surface area contributed by atoms with Gasteiger partial charge in [0, 0.05) is 23.5 Å². The lowest BCUT2D eigenvalue weighted by molar-refractivity contribution is -0.140.